The van der Waals surface area contributed by atoms with Gasteiger partial charge in [0.1, 0.15) is 24.7 Å². The first-order chi connectivity index (χ1) is 34.0. The second-order valence-electron chi connectivity index (χ2n) is 19.5. The Bertz CT molecular complexity index is 2630. The van der Waals surface area contributed by atoms with Crippen LogP contribution in [0.4, 0.5) is 0 Å². The number of halogens is 2. The fraction of sp³-hybridized carbons (Fsp3) is 0.592. The van der Waals surface area contributed by atoms with Crippen molar-refractivity contribution < 1.29 is 29.4 Å². The third kappa shape index (κ3) is 14.2. The minimum absolute atomic E-state index is 0.0573. The molecule has 4 aliphatic rings. The summed E-state index contributed by atoms with van der Waals surface area (Å²) in [5, 5.41) is 48.7. The lowest BCUT2D eigenvalue weighted by atomic mass is 9.94. The first-order valence-corrected chi connectivity index (χ1v) is 25.7. The summed E-state index contributed by atoms with van der Waals surface area (Å²) >= 11 is 12.6. The maximum Gasteiger partial charge on any atom is 0.351 e. The van der Waals surface area contributed by atoms with Crippen LogP contribution in [0.2, 0.25) is 10.0 Å². The number of nitrogens with one attached hydrogen (secondary N) is 6. The van der Waals surface area contributed by atoms with Gasteiger partial charge in [-0.1, -0.05) is 74.6 Å². The van der Waals surface area contributed by atoms with E-state index in [0.29, 0.717) is 55.3 Å². The Kier molecular flexibility index (Phi) is 18.3. The molecular weight excluding hydrogens is 956 g/mol. The van der Waals surface area contributed by atoms with E-state index in [1.54, 1.807) is 26.0 Å². The summed E-state index contributed by atoms with van der Waals surface area (Å²) in [4.78, 5) is 77.0. The molecule has 2 aliphatic carbocycles. The van der Waals surface area contributed by atoms with Crippen molar-refractivity contribution in [3.8, 4) is 11.4 Å². The third-order valence-corrected chi connectivity index (χ3v) is 14.6. The lowest BCUT2D eigenvalue weighted by Crippen LogP contribution is -2.44. The number of carbonyl (C=O) groups is 4. The van der Waals surface area contributed by atoms with Crippen molar-refractivity contribution in [3.63, 3.8) is 0 Å². The van der Waals surface area contributed by atoms with Crippen LogP contribution < -0.4 is 43.3 Å². The van der Waals surface area contributed by atoms with Crippen molar-refractivity contribution in [2.24, 2.45) is 0 Å². The van der Waals surface area contributed by atoms with E-state index in [1.165, 1.54) is 38.1 Å². The molecule has 2 aromatic carbocycles. The quantitative estimate of drug-likeness (QED) is 0.0849. The van der Waals surface area contributed by atoms with Crippen LogP contribution in [-0.4, -0.2) is 125 Å². The molecule has 0 spiro atoms. The summed E-state index contributed by atoms with van der Waals surface area (Å²) in [6.07, 6.45) is 13.2. The number of aliphatic hydroxyl groups is 2. The van der Waals surface area contributed by atoms with Crippen LogP contribution in [-0.2, 0) is 22.7 Å². The van der Waals surface area contributed by atoms with Gasteiger partial charge in [-0.2, -0.15) is 19.6 Å². The average Bonchev–Trinajstić information content (AvgIpc) is 3.91. The van der Waals surface area contributed by atoms with Gasteiger partial charge in [-0.05, 0) is 115 Å². The number of carbonyl (C=O) groups excluding carboxylic acids is 4. The molecule has 386 valence electrons. The fourth-order valence-corrected chi connectivity index (χ4v) is 10.1. The molecule has 0 radical (unpaired) electrons. The zero-order valence-corrected chi connectivity index (χ0v) is 42.2. The molecule has 2 aliphatic heterocycles. The molecule has 8 N–H and O–H groups in total. The molecule has 1 atom stereocenters. The average molecular weight is 1020 g/mol. The van der Waals surface area contributed by atoms with Crippen molar-refractivity contribution in [1.82, 2.24) is 60.6 Å². The second-order valence-corrected chi connectivity index (χ2v) is 20.3. The van der Waals surface area contributed by atoms with Gasteiger partial charge in [0.15, 0.2) is 0 Å². The van der Waals surface area contributed by atoms with Gasteiger partial charge in [-0.25, -0.2) is 9.59 Å². The summed E-state index contributed by atoms with van der Waals surface area (Å²) in [6, 6.07) is 9.43. The molecule has 4 amide bonds. The van der Waals surface area contributed by atoms with Gasteiger partial charge < -0.3 is 42.1 Å². The van der Waals surface area contributed by atoms with Crippen molar-refractivity contribution in [2.45, 2.75) is 147 Å². The Balaban J connectivity index is 0.000000209. The van der Waals surface area contributed by atoms with Crippen LogP contribution in [0, 0.1) is 13.8 Å². The first kappa shape index (κ1) is 53.4. The van der Waals surface area contributed by atoms with Gasteiger partial charge in [-0.3, -0.25) is 28.3 Å². The molecule has 22 heteroatoms. The minimum Gasteiger partial charge on any atom is -0.388 e. The summed E-state index contributed by atoms with van der Waals surface area (Å²) in [6.45, 7) is 6.61. The number of amides is 4. The lowest BCUT2D eigenvalue weighted by Gasteiger charge is -2.26. The summed E-state index contributed by atoms with van der Waals surface area (Å²) in [7, 11) is 0. The molecule has 4 fully saturated rings. The van der Waals surface area contributed by atoms with Gasteiger partial charge in [-0.15, -0.1) is 0 Å². The SMILES string of the molecule is Cc1nn(-c2ccc(Cl)c(C(=O)NCC3(O)CCCCCC3)c2)c(=O)n1CC(=O)NC1CCNC1.Cc1nn(-c2ccc(Cl)c(C(=O)NCC3(O)CCCCCC3)c2)c(=O)n1CC(=O)NC1CCNCC1. The highest BCUT2D eigenvalue weighted by molar-refractivity contribution is 6.34. The van der Waals surface area contributed by atoms with E-state index in [0.717, 1.165) is 94.9 Å². The van der Waals surface area contributed by atoms with Crippen LogP contribution in [0.15, 0.2) is 46.0 Å². The third-order valence-electron chi connectivity index (χ3n) is 13.9. The minimum atomic E-state index is -0.919. The summed E-state index contributed by atoms with van der Waals surface area (Å²) in [5.74, 6) is -0.577. The van der Waals surface area contributed by atoms with E-state index < -0.39 is 34.4 Å². The van der Waals surface area contributed by atoms with Gasteiger partial charge >= 0.3 is 11.4 Å². The van der Waals surface area contributed by atoms with Crippen molar-refractivity contribution >= 4 is 46.8 Å². The zero-order chi connectivity index (χ0) is 50.7. The molecular formula is C49H68Cl2N12O8. The second kappa shape index (κ2) is 24.4. The molecule has 2 aromatic heterocycles. The highest BCUT2D eigenvalue weighted by Crippen LogP contribution is 2.28. The van der Waals surface area contributed by atoms with Crippen LogP contribution in [0.3, 0.4) is 0 Å². The highest BCUT2D eigenvalue weighted by atomic mass is 35.5. The van der Waals surface area contributed by atoms with E-state index in [1.807, 2.05) is 0 Å². The molecule has 8 rings (SSSR count). The molecule has 4 heterocycles. The Hall–Kier alpha value is -5.38. The molecule has 0 bridgehead atoms. The monoisotopic (exact) mass is 1020 g/mol. The van der Waals surface area contributed by atoms with Gasteiger partial charge in [0.25, 0.3) is 11.8 Å². The number of aromatic nitrogens is 6. The van der Waals surface area contributed by atoms with Gasteiger partial charge in [0, 0.05) is 31.7 Å². The predicted molar refractivity (Wildman–Crippen MR) is 269 cm³/mol. The molecule has 2 saturated heterocycles. The molecule has 4 aromatic rings. The number of hydrogen-bond donors (Lipinski definition) is 8. The highest BCUT2D eigenvalue weighted by Gasteiger charge is 2.31. The van der Waals surface area contributed by atoms with Gasteiger partial charge in [0.2, 0.25) is 11.8 Å². The summed E-state index contributed by atoms with van der Waals surface area (Å²) < 4.78 is 4.94. The normalized spacial score (nSPS) is 19.1. The number of rotatable bonds is 14. The van der Waals surface area contributed by atoms with Crippen molar-refractivity contribution in [2.75, 3.05) is 39.3 Å². The van der Waals surface area contributed by atoms with E-state index in [9.17, 15) is 39.0 Å². The van der Waals surface area contributed by atoms with Crippen LogP contribution >= 0.6 is 23.2 Å². The van der Waals surface area contributed by atoms with Crippen molar-refractivity contribution in [1.29, 1.82) is 0 Å². The van der Waals surface area contributed by atoms with Crippen molar-refractivity contribution in [3.05, 3.63) is 90.2 Å². The standard InChI is InChI=1S/C25H35ClN6O4.C24H33ClN6O4/c1-17-30-32(24(35)31(17)15-22(33)29-18-8-12-27-13-9-18)19-6-7-21(26)20(14-19)23(34)28-16-25(36)10-4-2-3-5-11-25;1-16-29-31(23(34)30(16)14-21(32)28-17-8-11-26-13-17)18-6-7-20(25)19(12-18)22(33)27-15-24(35)9-4-2-3-5-10-24/h6-7,14,18,27,36H,2-5,8-13,15-16H2,1H3,(H,28,34)(H,29,33);6-7,12,17,26,35H,2-5,8-11,13-15H2,1H3,(H,27,33)(H,28,32). The Morgan fingerprint density at radius 1 is 0.620 bits per heavy atom. The first-order valence-electron chi connectivity index (χ1n) is 25.0. The fourth-order valence-electron chi connectivity index (χ4n) is 9.71. The Labute approximate surface area is 422 Å². The smallest absolute Gasteiger partial charge is 0.351 e. The maximum absolute atomic E-state index is 13.1. The largest absolute Gasteiger partial charge is 0.388 e. The number of hydrogen-bond acceptors (Lipinski definition) is 12. The van der Waals surface area contributed by atoms with E-state index in [2.05, 4.69) is 42.1 Å². The number of benzene rings is 2. The summed E-state index contributed by atoms with van der Waals surface area (Å²) in [5.41, 5.74) is -1.70. The number of aryl methyl sites for hydroxylation is 2. The molecule has 20 nitrogen and oxygen atoms in total. The number of piperidine rings is 1. The van der Waals surface area contributed by atoms with E-state index in [4.69, 9.17) is 23.2 Å². The zero-order valence-electron chi connectivity index (χ0n) is 40.7. The molecule has 1 unspecified atom stereocenters. The van der Waals surface area contributed by atoms with Crippen LogP contribution in [0.5, 0.6) is 0 Å². The number of nitrogens with zero attached hydrogens (tertiary/aromatic N) is 6. The molecule has 2 saturated carbocycles. The Morgan fingerprint density at radius 3 is 1.42 bits per heavy atom. The molecule has 71 heavy (non-hydrogen) atoms. The van der Waals surface area contributed by atoms with Crippen LogP contribution in [0.25, 0.3) is 11.4 Å². The van der Waals surface area contributed by atoms with E-state index >= 15 is 0 Å². The van der Waals surface area contributed by atoms with Crippen LogP contribution in [0.1, 0.15) is 129 Å². The Morgan fingerprint density at radius 2 is 1.01 bits per heavy atom. The van der Waals surface area contributed by atoms with E-state index in [-0.39, 0.29) is 71.2 Å². The topological polar surface area (TPSA) is 261 Å². The van der Waals surface area contributed by atoms with Gasteiger partial charge in [0.05, 0.1) is 43.7 Å². The lowest BCUT2D eigenvalue weighted by molar-refractivity contribution is -0.123. The maximum atomic E-state index is 13.1. The predicted octanol–water partition coefficient (Wildman–Crippen LogP) is 2.97.